The van der Waals surface area contributed by atoms with Gasteiger partial charge in [0.15, 0.2) is 0 Å². The first-order valence-electron chi connectivity index (χ1n) is 6.36. The van der Waals surface area contributed by atoms with Gasteiger partial charge in [0.25, 0.3) is 5.91 Å². The second-order valence-electron chi connectivity index (χ2n) is 4.88. The molecule has 0 bridgehead atoms. The third kappa shape index (κ3) is 1.88. The maximum Gasteiger partial charge on any atom is 0.255 e. The van der Waals surface area contributed by atoms with Crippen molar-refractivity contribution in [2.24, 2.45) is 5.73 Å². The van der Waals surface area contributed by atoms with E-state index < -0.39 is 0 Å². The lowest BCUT2D eigenvalue weighted by atomic mass is 10.0. The summed E-state index contributed by atoms with van der Waals surface area (Å²) in [7, 11) is 0. The number of H-pyrrole nitrogens is 1. The molecule has 0 unspecified atom stereocenters. The Morgan fingerprint density at radius 3 is 2.83 bits per heavy atom. The second kappa shape index (κ2) is 4.46. The number of carbonyl (C=O) groups is 1. The number of piperidine rings is 1. The first-order valence-corrected chi connectivity index (χ1v) is 6.36. The molecule has 0 aliphatic carbocycles. The average molecular weight is 243 g/mol. The standard InChI is InChI=1S/C14H17N3O/c15-11-5-8-17(9-6-11)14(18)12-3-1-2-10-4-7-16-13(10)12/h1-4,7,11,16H,5-6,8-9,15H2. The molecule has 0 atom stereocenters. The second-order valence-corrected chi connectivity index (χ2v) is 4.88. The van der Waals surface area contributed by atoms with Crippen LogP contribution in [0.2, 0.25) is 0 Å². The number of amides is 1. The third-order valence-corrected chi connectivity index (χ3v) is 3.64. The molecule has 4 nitrogen and oxygen atoms in total. The Morgan fingerprint density at radius 2 is 2.06 bits per heavy atom. The van der Waals surface area contributed by atoms with Crippen LogP contribution < -0.4 is 5.73 Å². The minimum Gasteiger partial charge on any atom is -0.361 e. The van der Waals surface area contributed by atoms with Crippen molar-refractivity contribution >= 4 is 16.8 Å². The molecule has 0 saturated carbocycles. The van der Waals surface area contributed by atoms with Crippen LogP contribution in [0.3, 0.4) is 0 Å². The smallest absolute Gasteiger partial charge is 0.255 e. The van der Waals surface area contributed by atoms with Gasteiger partial charge in [0, 0.05) is 30.7 Å². The highest BCUT2D eigenvalue weighted by molar-refractivity contribution is 6.05. The predicted octanol–water partition coefficient (Wildman–Crippen LogP) is 1.73. The van der Waals surface area contributed by atoms with E-state index in [1.807, 2.05) is 35.4 Å². The van der Waals surface area contributed by atoms with Gasteiger partial charge in [-0.05, 0) is 25.0 Å². The molecule has 1 saturated heterocycles. The van der Waals surface area contributed by atoms with E-state index in [0.717, 1.165) is 42.4 Å². The Kier molecular flexibility index (Phi) is 2.80. The van der Waals surface area contributed by atoms with Crippen LogP contribution >= 0.6 is 0 Å². The molecule has 0 radical (unpaired) electrons. The van der Waals surface area contributed by atoms with Crippen molar-refractivity contribution in [2.45, 2.75) is 18.9 Å². The highest BCUT2D eigenvalue weighted by atomic mass is 16.2. The number of rotatable bonds is 1. The summed E-state index contributed by atoms with van der Waals surface area (Å²) in [6, 6.07) is 8.05. The monoisotopic (exact) mass is 243 g/mol. The number of fused-ring (bicyclic) bond motifs is 1. The van der Waals surface area contributed by atoms with E-state index >= 15 is 0 Å². The van der Waals surface area contributed by atoms with E-state index in [-0.39, 0.29) is 11.9 Å². The number of nitrogens with one attached hydrogen (secondary N) is 1. The first kappa shape index (κ1) is 11.3. The summed E-state index contributed by atoms with van der Waals surface area (Å²) < 4.78 is 0. The number of nitrogens with zero attached hydrogens (tertiary/aromatic N) is 1. The summed E-state index contributed by atoms with van der Waals surface area (Å²) in [5.41, 5.74) is 7.55. The molecule has 18 heavy (non-hydrogen) atoms. The number of benzene rings is 1. The molecule has 1 aromatic carbocycles. The van der Waals surface area contributed by atoms with Gasteiger partial charge in [-0.15, -0.1) is 0 Å². The van der Waals surface area contributed by atoms with E-state index in [4.69, 9.17) is 5.73 Å². The van der Waals surface area contributed by atoms with Crippen LogP contribution in [0.5, 0.6) is 0 Å². The lowest BCUT2D eigenvalue weighted by molar-refractivity contribution is 0.0716. The predicted molar refractivity (Wildman–Crippen MR) is 71.4 cm³/mol. The van der Waals surface area contributed by atoms with Gasteiger partial charge in [-0.1, -0.05) is 12.1 Å². The summed E-state index contributed by atoms with van der Waals surface area (Å²) in [6.07, 6.45) is 3.66. The van der Waals surface area contributed by atoms with Crippen molar-refractivity contribution in [1.29, 1.82) is 0 Å². The average Bonchev–Trinajstić information content (AvgIpc) is 2.87. The Morgan fingerprint density at radius 1 is 1.28 bits per heavy atom. The molecule has 0 spiro atoms. The summed E-state index contributed by atoms with van der Waals surface area (Å²) >= 11 is 0. The quantitative estimate of drug-likeness (QED) is 0.801. The zero-order chi connectivity index (χ0) is 12.5. The highest BCUT2D eigenvalue weighted by Crippen LogP contribution is 2.20. The molecule has 4 heteroatoms. The van der Waals surface area contributed by atoms with Gasteiger partial charge in [-0.2, -0.15) is 0 Å². The van der Waals surface area contributed by atoms with Crippen LogP contribution in [0.1, 0.15) is 23.2 Å². The Hall–Kier alpha value is -1.81. The van der Waals surface area contributed by atoms with Crippen LogP contribution in [0.25, 0.3) is 10.9 Å². The van der Waals surface area contributed by atoms with E-state index in [2.05, 4.69) is 4.98 Å². The fourth-order valence-corrected chi connectivity index (χ4v) is 2.54. The highest BCUT2D eigenvalue weighted by Gasteiger charge is 2.22. The van der Waals surface area contributed by atoms with Gasteiger partial charge in [0.1, 0.15) is 0 Å². The number of nitrogens with two attached hydrogens (primary N) is 1. The number of aromatic nitrogens is 1. The molecule has 1 fully saturated rings. The van der Waals surface area contributed by atoms with Crippen LogP contribution in [-0.2, 0) is 0 Å². The van der Waals surface area contributed by atoms with Gasteiger partial charge in [0.2, 0.25) is 0 Å². The van der Waals surface area contributed by atoms with Crippen molar-refractivity contribution in [3.05, 3.63) is 36.0 Å². The van der Waals surface area contributed by atoms with E-state index in [1.54, 1.807) is 0 Å². The SMILES string of the molecule is NC1CCN(C(=O)c2cccc3cc[nH]c23)CC1. The Balaban J connectivity index is 1.90. The number of aromatic amines is 1. The molecule has 94 valence electrons. The zero-order valence-electron chi connectivity index (χ0n) is 10.2. The van der Waals surface area contributed by atoms with Gasteiger partial charge >= 0.3 is 0 Å². The lowest BCUT2D eigenvalue weighted by Crippen LogP contribution is -2.42. The molecule has 1 aliphatic heterocycles. The van der Waals surface area contributed by atoms with Crippen molar-refractivity contribution in [3.8, 4) is 0 Å². The third-order valence-electron chi connectivity index (χ3n) is 3.64. The molecule has 2 heterocycles. The molecule has 1 aliphatic rings. The normalized spacial score (nSPS) is 17.3. The lowest BCUT2D eigenvalue weighted by Gasteiger charge is -2.30. The number of hydrogen-bond acceptors (Lipinski definition) is 2. The van der Waals surface area contributed by atoms with Crippen molar-refractivity contribution in [2.75, 3.05) is 13.1 Å². The largest absolute Gasteiger partial charge is 0.361 e. The van der Waals surface area contributed by atoms with Crippen LogP contribution in [0.4, 0.5) is 0 Å². The number of hydrogen-bond donors (Lipinski definition) is 2. The molecule has 3 rings (SSSR count). The van der Waals surface area contributed by atoms with E-state index in [9.17, 15) is 4.79 Å². The van der Waals surface area contributed by atoms with Crippen molar-refractivity contribution < 1.29 is 4.79 Å². The van der Waals surface area contributed by atoms with Crippen LogP contribution in [0, 0.1) is 0 Å². The zero-order valence-corrected chi connectivity index (χ0v) is 10.2. The maximum absolute atomic E-state index is 12.5. The topological polar surface area (TPSA) is 62.1 Å². The molecule has 2 aromatic rings. The summed E-state index contributed by atoms with van der Waals surface area (Å²) in [5.74, 6) is 0.106. The van der Waals surface area contributed by atoms with E-state index in [0.29, 0.717) is 0 Å². The first-order chi connectivity index (χ1) is 8.75. The van der Waals surface area contributed by atoms with E-state index in [1.165, 1.54) is 0 Å². The number of carbonyl (C=O) groups excluding carboxylic acids is 1. The van der Waals surface area contributed by atoms with Crippen molar-refractivity contribution in [3.63, 3.8) is 0 Å². The summed E-state index contributed by atoms with van der Waals surface area (Å²) in [4.78, 5) is 17.5. The molecule has 3 N–H and O–H groups in total. The molecular formula is C14H17N3O. The molecule has 1 aromatic heterocycles. The molecular weight excluding hydrogens is 226 g/mol. The minimum atomic E-state index is 0.106. The fourth-order valence-electron chi connectivity index (χ4n) is 2.54. The minimum absolute atomic E-state index is 0.106. The maximum atomic E-state index is 12.5. The Labute approximate surface area is 106 Å². The van der Waals surface area contributed by atoms with Crippen LogP contribution in [-0.4, -0.2) is 34.9 Å². The Bertz CT molecular complexity index is 567. The molecule has 1 amide bonds. The fraction of sp³-hybridized carbons (Fsp3) is 0.357. The summed E-state index contributed by atoms with van der Waals surface area (Å²) in [5, 5.41) is 1.08. The van der Waals surface area contributed by atoms with Crippen molar-refractivity contribution in [1.82, 2.24) is 9.88 Å². The van der Waals surface area contributed by atoms with Gasteiger partial charge < -0.3 is 15.6 Å². The van der Waals surface area contributed by atoms with Gasteiger partial charge in [0.05, 0.1) is 11.1 Å². The number of likely N-dealkylation sites (tertiary alicyclic amines) is 1. The van der Waals surface area contributed by atoms with Gasteiger partial charge in [-0.25, -0.2) is 0 Å². The summed E-state index contributed by atoms with van der Waals surface area (Å²) in [6.45, 7) is 1.52. The van der Waals surface area contributed by atoms with Gasteiger partial charge in [-0.3, -0.25) is 4.79 Å². The van der Waals surface area contributed by atoms with Crippen LogP contribution in [0.15, 0.2) is 30.5 Å². The number of para-hydroxylation sites is 1.